The van der Waals surface area contributed by atoms with Crippen molar-refractivity contribution in [3.63, 3.8) is 0 Å². The van der Waals surface area contributed by atoms with Gasteiger partial charge >= 0.3 is 0 Å². The summed E-state index contributed by atoms with van der Waals surface area (Å²) in [7, 11) is 1.96. The predicted molar refractivity (Wildman–Crippen MR) is 65.9 cm³/mol. The molecule has 0 bridgehead atoms. The third kappa shape index (κ3) is 1.69. The second-order valence-electron chi connectivity index (χ2n) is 4.56. The van der Waals surface area contributed by atoms with E-state index in [4.69, 9.17) is 0 Å². The molecule has 88 valence electrons. The molecule has 1 aromatic carbocycles. The number of fused-ring (bicyclic) bond motifs is 1. The van der Waals surface area contributed by atoms with E-state index in [1.165, 1.54) is 0 Å². The van der Waals surface area contributed by atoms with Crippen LogP contribution in [-0.4, -0.2) is 33.4 Å². The third-order valence-corrected chi connectivity index (χ3v) is 3.37. The molecule has 0 saturated carbocycles. The topological polar surface area (TPSA) is 38.1 Å². The number of amides is 1. The lowest BCUT2D eigenvalue weighted by molar-refractivity contribution is 0.0793. The molecule has 0 spiro atoms. The van der Waals surface area contributed by atoms with Crippen LogP contribution in [0.3, 0.4) is 0 Å². The fraction of sp³-hybridized carbons (Fsp3) is 0.385. The Balaban J connectivity index is 1.97. The molecule has 1 saturated heterocycles. The fourth-order valence-corrected chi connectivity index (χ4v) is 2.37. The number of benzene rings is 1. The lowest BCUT2D eigenvalue weighted by Crippen LogP contribution is -2.27. The van der Waals surface area contributed by atoms with Gasteiger partial charge in [-0.2, -0.15) is 0 Å². The highest BCUT2D eigenvalue weighted by atomic mass is 16.2. The number of aromatic nitrogens is 2. The SMILES string of the molecule is Cn1cnc2cc(C(=O)N3CCCC3)ccc21. The maximum absolute atomic E-state index is 12.2. The van der Waals surface area contributed by atoms with E-state index in [-0.39, 0.29) is 5.91 Å². The minimum atomic E-state index is 0.134. The lowest BCUT2D eigenvalue weighted by Gasteiger charge is -2.14. The van der Waals surface area contributed by atoms with Crippen molar-refractivity contribution in [2.24, 2.45) is 7.05 Å². The first-order valence-corrected chi connectivity index (χ1v) is 5.96. The van der Waals surface area contributed by atoms with Crippen molar-refractivity contribution >= 4 is 16.9 Å². The minimum Gasteiger partial charge on any atom is -0.339 e. The Morgan fingerprint density at radius 2 is 2.06 bits per heavy atom. The minimum absolute atomic E-state index is 0.134. The van der Waals surface area contributed by atoms with Gasteiger partial charge in [0.15, 0.2) is 0 Å². The van der Waals surface area contributed by atoms with Gasteiger partial charge in [-0.15, -0.1) is 0 Å². The molecule has 2 aromatic rings. The molecule has 1 aliphatic heterocycles. The molecule has 0 aliphatic carbocycles. The summed E-state index contributed by atoms with van der Waals surface area (Å²) in [5, 5.41) is 0. The largest absolute Gasteiger partial charge is 0.339 e. The maximum Gasteiger partial charge on any atom is 0.253 e. The molecule has 1 fully saturated rings. The molecule has 4 heteroatoms. The Morgan fingerprint density at radius 1 is 1.29 bits per heavy atom. The number of rotatable bonds is 1. The highest BCUT2D eigenvalue weighted by molar-refractivity contribution is 5.97. The van der Waals surface area contributed by atoms with Crippen LogP contribution in [0.4, 0.5) is 0 Å². The molecular weight excluding hydrogens is 214 g/mol. The van der Waals surface area contributed by atoms with Gasteiger partial charge in [0.2, 0.25) is 0 Å². The first kappa shape index (κ1) is 10.3. The second kappa shape index (κ2) is 3.87. The van der Waals surface area contributed by atoms with Crippen LogP contribution in [-0.2, 0) is 7.05 Å². The smallest absolute Gasteiger partial charge is 0.253 e. The number of hydrogen-bond donors (Lipinski definition) is 0. The summed E-state index contributed by atoms with van der Waals surface area (Å²) in [6, 6.07) is 5.74. The van der Waals surface area contributed by atoms with Crippen molar-refractivity contribution in [2.45, 2.75) is 12.8 Å². The Bertz CT molecular complexity index is 567. The molecule has 0 N–H and O–H groups in total. The Labute approximate surface area is 99.9 Å². The number of likely N-dealkylation sites (tertiary alicyclic amines) is 1. The van der Waals surface area contributed by atoms with Gasteiger partial charge in [-0.25, -0.2) is 4.98 Å². The second-order valence-corrected chi connectivity index (χ2v) is 4.56. The van der Waals surface area contributed by atoms with Crippen LogP contribution in [0.1, 0.15) is 23.2 Å². The number of aryl methyl sites for hydroxylation is 1. The van der Waals surface area contributed by atoms with E-state index in [9.17, 15) is 4.79 Å². The number of carbonyl (C=O) groups is 1. The Hall–Kier alpha value is -1.84. The van der Waals surface area contributed by atoms with Crippen LogP contribution in [0, 0.1) is 0 Å². The molecule has 4 nitrogen and oxygen atoms in total. The summed E-state index contributed by atoms with van der Waals surface area (Å²) in [6.07, 6.45) is 4.02. The van der Waals surface area contributed by atoms with E-state index < -0.39 is 0 Å². The molecule has 17 heavy (non-hydrogen) atoms. The highest BCUT2D eigenvalue weighted by Gasteiger charge is 2.19. The van der Waals surface area contributed by atoms with Gasteiger partial charge in [-0.3, -0.25) is 4.79 Å². The monoisotopic (exact) mass is 229 g/mol. The third-order valence-electron chi connectivity index (χ3n) is 3.37. The van der Waals surface area contributed by atoms with E-state index in [2.05, 4.69) is 4.98 Å². The summed E-state index contributed by atoms with van der Waals surface area (Å²) in [5.74, 6) is 0.134. The van der Waals surface area contributed by atoms with E-state index >= 15 is 0 Å². The van der Waals surface area contributed by atoms with Crippen LogP contribution in [0.5, 0.6) is 0 Å². The summed E-state index contributed by atoms with van der Waals surface area (Å²) < 4.78 is 1.96. The van der Waals surface area contributed by atoms with Crippen LogP contribution in [0.15, 0.2) is 24.5 Å². The summed E-state index contributed by atoms with van der Waals surface area (Å²) >= 11 is 0. The van der Waals surface area contributed by atoms with E-state index in [1.54, 1.807) is 6.33 Å². The van der Waals surface area contributed by atoms with Crippen molar-refractivity contribution in [2.75, 3.05) is 13.1 Å². The van der Waals surface area contributed by atoms with Gasteiger partial charge in [0.05, 0.1) is 17.4 Å². The van der Waals surface area contributed by atoms with Gasteiger partial charge in [0.1, 0.15) is 0 Å². The lowest BCUT2D eigenvalue weighted by atomic mass is 10.2. The molecule has 1 aromatic heterocycles. The van der Waals surface area contributed by atoms with Crippen LogP contribution in [0.25, 0.3) is 11.0 Å². The molecule has 1 aliphatic rings. The van der Waals surface area contributed by atoms with Gasteiger partial charge in [-0.05, 0) is 31.0 Å². The van der Waals surface area contributed by atoms with E-state index in [0.29, 0.717) is 0 Å². The quantitative estimate of drug-likeness (QED) is 0.748. The zero-order valence-corrected chi connectivity index (χ0v) is 9.89. The molecular formula is C13H15N3O. The summed E-state index contributed by atoms with van der Waals surface area (Å²) in [5.41, 5.74) is 2.69. The number of nitrogens with zero attached hydrogens (tertiary/aromatic N) is 3. The normalized spacial score (nSPS) is 15.7. The Morgan fingerprint density at radius 3 is 2.82 bits per heavy atom. The number of imidazole rings is 1. The van der Waals surface area contributed by atoms with Crippen LogP contribution < -0.4 is 0 Å². The van der Waals surface area contributed by atoms with Gasteiger partial charge < -0.3 is 9.47 Å². The molecule has 0 unspecified atom stereocenters. The van der Waals surface area contributed by atoms with E-state index in [1.807, 2.05) is 34.7 Å². The summed E-state index contributed by atoms with van der Waals surface area (Å²) in [4.78, 5) is 18.4. The molecule has 3 rings (SSSR count). The average Bonchev–Trinajstić information content (AvgIpc) is 2.98. The fourth-order valence-electron chi connectivity index (χ4n) is 2.37. The first-order chi connectivity index (χ1) is 8.25. The number of hydrogen-bond acceptors (Lipinski definition) is 2. The van der Waals surface area contributed by atoms with Gasteiger partial charge in [0, 0.05) is 25.7 Å². The average molecular weight is 229 g/mol. The maximum atomic E-state index is 12.2. The van der Waals surface area contributed by atoms with Crippen LogP contribution >= 0.6 is 0 Å². The summed E-state index contributed by atoms with van der Waals surface area (Å²) in [6.45, 7) is 1.78. The van der Waals surface area contributed by atoms with Crippen molar-refractivity contribution in [3.8, 4) is 0 Å². The van der Waals surface area contributed by atoms with Crippen molar-refractivity contribution in [1.82, 2.24) is 14.5 Å². The zero-order chi connectivity index (χ0) is 11.8. The van der Waals surface area contributed by atoms with Crippen LogP contribution in [0.2, 0.25) is 0 Å². The highest BCUT2D eigenvalue weighted by Crippen LogP contribution is 2.17. The zero-order valence-electron chi connectivity index (χ0n) is 9.89. The van der Waals surface area contributed by atoms with Gasteiger partial charge in [0.25, 0.3) is 5.91 Å². The molecule has 1 amide bonds. The molecule has 2 heterocycles. The van der Waals surface area contributed by atoms with Crippen molar-refractivity contribution < 1.29 is 4.79 Å². The molecule has 0 atom stereocenters. The van der Waals surface area contributed by atoms with E-state index in [0.717, 1.165) is 42.5 Å². The number of carbonyl (C=O) groups excluding carboxylic acids is 1. The first-order valence-electron chi connectivity index (χ1n) is 5.96. The Kier molecular flexibility index (Phi) is 2.35. The van der Waals surface area contributed by atoms with Crippen molar-refractivity contribution in [3.05, 3.63) is 30.1 Å². The van der Waals surface area contributed by atoms with Gasteiger partial charge in [-0.1, -0.05) is 0 Å². The van der Waals surface area contributed by atoms with Crippen molar-refractivity contribution in [1.29, 1.82) is 0 Å². The predicted octanol–water partition coefficient (Wildman–Crippen LogP) is 1.81. The standard InChI is InChI=1S/C13H15N3O/c1-15-9-14-11-8-10(4-5-12(11)15)13(17)16-6-2-3-7-16/h4-5,8-9H,2-3,6-7H2,1H3. The molecule has 0 radical (unpaired) electrons.